The Hall–Kier alpha value is -3.92. The SMILES string of the molecule is CCCCCCCC1(c2ccccc2Oc2ccc(N)cc2)CCC(CCC2(CCC3CCC(CCCCCCC)(c4ccccc4Oc4ccc(N)cc4)CC3)CCCCC2)CC1. The van der Waals surface area contributed by atoms with E-state index < -0.39 is 0 Å². The van der Waals surface area contributed by atoms with E-state index in [4.69, 9.17) is 20.9 Å². The zero-order valence-corrected chi connectivity index (χ0v) is 40.4. The first-order valence-electron chi connectivity index (χ1n) is 26.6. The molecule has 3 aliphatic rings. The second-order valence-corrected chi connectivity index (χ2v) is 21.2. The molecule has 0 atom stereocenters. The monoisotopic (exact) mass is 867 g/mol. The summed E-state index contributed by atoms with van der Waals surface area (Å²) in [6.07, 6.45) is 39.4. The minimum absolute atomic E-state index is 0.199. The predicted molar refractivity (Wildman–Crippen MR) is 273 cm³/mol. The Balaban J connectivity index is 0.981. The Bertz CT molecular complexity index is 1790. The van der Waals surface area contributed by atoms with E-state index in [1.165, 1.54) is 197 Å². The van der Waals surface area contributed by atoms with Crippen molar-refractivity contribution in [1.82, 2.24) is 0 Å². The number of para-hydroxylation sites is 2. The van der Waals surface area contributed by atoms with E-state index in [2.05, 4.69) is 62.4 Å². The van der Waals surface area contributed by atoms with Gasteiger partial charge in [-0.25, -0.2) is 0 Å². The summed E-state index contributed by atoms with van der Waals surface area (Å²) in [4.78, 5) is 0. The van der Waals surface area contributed by atoms with Gasteiger partial charge in [-0.2, -0.15) is 0 Å². The highest BCUT2D eigenvalue weighted by atomic mass is 16.5. The van der Waals surface area contributed by atoms with E-state index in [0.29, 0.717) is 5.41 Å². The van der Waals surface area contributed by atoms with Gasteiger partial charge >= 0.3 is 0 Å². The summed E-state index contributed by atoms with van der Waals surface area (Å²) in [6.45, 7) is 4.65. The molecule has 3 fully saturated rings. The van der Waals surface area contributed by atoms with Crippen LogP contribution in [0.4, 0.5) is 11.4 Å². The van der Waals surface area contributed by atoms with Gasteiger partial charge in [-0.15, -0.1) is 0 Å². The van der Waals surface area contributed by atoms with Crippen LogP contribution in [0.3, 0.4) is 0 Å². The fourth-order valence-electron chi connectivity index (χ4n) is 12.7. The maximum absolute atomic E-state index is 6.66. The number of ether oxygens (including phenoxy) is 2. The van der Waals surface area contributed by atoms with Crippen LogP contribution in [0.1, 0.15) is 211 Å². The van der Waals surface area contributed by atoms with Crippen LogP contribution in [0.25, 0.3) is 0 Å². The minimum Gasteiger partial charge on any atom is -0.457 e. The molecular formula is C60H86N2O2. The number of anilines is 2. The van der Waals surface area contributed by atoms with E-state index in [9.17, 15) is 0 Å². The van der Waals surface area contributed by atoms with Crippen LogP contribution in [0.2, 0.25) is 0 Å². The van der Waals surface area contributed by atoms with Crippen molar-refractivity contribution in [2.24, 2.45) is 17.3 Å². The van der Waals surface area contributed by atoms with Crippen molar-refractivity contribution < 1.29 is 9.47 Å². The predicted octanol–water partition coefficient (Wildman–Crippen LogP) is 18.2. The first kappa shape index (κ1) is 48.0. The number of nitrogen functional groups attached to an aromatic ring is 2. The van der Waals surface area contributed by atoms with Gasteiger partial charge in [0.2, 0.25) is 0 Å². The highest BCUT2D eigenvalue weighted by Gasteiger charge is 2.42. The third-order valence-electron chi connectivity index (χ3n) is 16.9. The van der Waals surface area contributed by atoms with Crippen molar-refractivity contribution in [3.8, 4) is 23.0 Å². The van der Waals surface area contributed by atoms with E-state index in [1.54, 1.807) is 0 Å². The Morgan fingerprint density at radius 3 is 1.23 bits per heavy atom. The van der Waals surface area contributed by atoms with Gasteiger partial charge < -0.3 is 20.9 Å². The molecule has 0 saturated heterocycles. The van der Waals surface area contributed by atoms with Gasteiger partial charge in [-0.05, 0) is 191 Å². The zero-order valence-electron chi connectivity index (χ0n) is 40.4. The number of hydrogen-bond donors (Lipinski definition) is 2. The van der Waals surface area contributed by atoms with Gasteiger partial charge in [-0.1, -0.05) is 134 Å². The lowest BCUT2D eigenvalue weighted by molar-refractivity contribution is 0.108. The summed E-state index contributed by atoms with van der Waals surface area (Å²) in [7, 11) is 0. The molecule has 0 heterocycles. The first-order valence-corrected chi connectivity index (χ1v) is 26.6. The summed E-state index contributed by atoms with van der Waals surface area (Å²) in [6, 6.07) is 33.9. The molecule has 0 aliphatic heterocycles. The highest BCUT2D eigenvalue weighted by Crippen LogP contribution is 2.54. The van der Waals surface area contributed by atoms with Crippen LogP contribution < -0.4 is 20.9 Å². The zero-order chi connectivity index (χ0) is 44.5. The molecular weight excluding hydrogens is 781 g/mol. The third kappa shape index (κ3) is 13.1. The largest absolute Gasteiger partial charge is 0.457 e. The molecule has 3 aliphatic carbocycles. The van der Waals surface area contributed by atoms with Crippen molar-refractivity contribution >= 4 is 11.4 Å². The van der Waals surface area contributed by atoms with Gasteiger partial charge in [0.15, 0.2) is 0 Å². The molecule has 4 N–H and O–H groups in total. The normalized spacial score (nSPS) is 23.4. The lowest BCUT2D eigenvalue weighted by Crippen LogP contribution is -2.34. The van der Waals surface area contributed by atoms with Gasteiger partial charge in [0.25, 0.3) is 0 Å². The molecule has 4 aromatic carbocycles. The van der Waals surface area contributed by atoms with Crippen molar-refractivity contribution in [2.75, 3.05) is 11.5 Å². The second-order valence-electron chi connectivity index (χ2n) is 21.2. The maximum atomic E-state index is 6.66. The van der Waals surface area contributed by atoms with E-state index in [-0.39, 0.29) is 10.8 Å². The Kier molecular flexibility index (Phi) is 18.0. The molecule has 4 aromatic rings. The molecule has 4 nitrogen and oxygen atoms in total. The summed E-state index contributed by atoms with van der Waals surface area (Å²) < 4.78 is 13.3. The van der Waals surface area contributed by atoms with Crippen LogP contribution in [-0.2, 0) is 10.8 Å². The molecule has 0 aromatic heterocycles. The number of rotatable bonds is 24. The Morgan fingerprint density at radius 2 is 0.828 bits per heavy atom. The third-order valence-corrected chi connectivity index (χ3v) is 16.9. The van der Waals surface area contributed by atoms with Crippen molar-refractivity contribution in [1.29, 1.82) is 0 Å². The number of nitrogens with two attached hydrogens (primary N) is 2. The quantitative estimate of drug-likeness (QED) is 0.0544. The Morgan fingerprint density at radius 1 is 0.438 bits per heavy atom. The van der Waals surface area contributed by atoms with Crippen molar-refractivity contribution in [2.45, 2.75) is 211 Å². The van der Waals surface area contributed by atoms with E-state index in [1.807, 2.05) is 48.5 Å². The molecule has 3 saturated carbocycles. The average molecular weight is 867 g/mol. The number of hydrogen-bond acceptors (Lipinski definition) is 4. The molecule has 64 heavy (non-hydrogen) atoms. The molecule has 348 valence electrons. The van der Waals surface area contributed by atoms with Crippen LogP contribution in [0.5, 0.6) is 23.0 Å². The molecule has 0 amide bonds. The fourth-order valence-corrected chi connectivity index (χ4v) is 12.7. The maximum Gasteiger partial charge on any atom is 0.131 e. The first-order chi connectivity index (χ1) is 31.3. The summed E-state index contributed by atoms with van der Waals surface area (Å²) >= 11 is 0. The van der Waals surface area contributed by atoms with Gasteiger partial charge in [0.1, 0.15) is 23.0 Å². The second kappa shape index (κ2) is 24.0. The molecule has 4 heteroatoms. The number of benzene rings is 4. The highest BCUT2D eigenvalue weighted by molar-refractivity contribution is 5.48. The van der Waals surface area contributed by atoms with Gasteiger partial charge in [0, 0.05) is 22.5 Å². The molecule has 0 bridgehead atoms. The smallest absolute Gasteiger partial charge is 0.131 e. The van der Waals surface area contributed by atoms with E-state index in [0.717, 1.165) is 46.2 Å². The van der Waals surface area contributed by atoms with Crippen LogP contribution in [0.15, 0.2) is 97.1 Å². The minimum atomic E-state index is 0.199. The molecule has 0 spiro atoms. The summed E-state index contributed by atoms with van der Waals surface area (Å²) in [5.74, 6) is 5.54. The van der Waals surface area contributed by atoms with Gasteiger partial charge in [0.05, 0.1) is 0 Å². The molecule has 7 rings (SSSR count). The molecule has 0 radical (unpaired) electrons. The van der Waals surface area contributed by atoms with Crippen molar-refractivity contribution in [3.63, 3.8) is 0 Å². The standard InChI is InChI=1S/C60H86N2O2/c1-3-5-7-9-18-40-59(54-20-12-14-22-56(54)63-52-28-24-50(61)25-29-52)44-34-48(35-45-59)32-42-58(38-16-11-17-39-58)43-33-49-36-46-60(47-37-49,41-19-10-8-6-4-2)55-21-13-15-23-57(55)64-53-30-26-51(62)27-31-53/h12-15,20-31,48-49H,3-11,16-19,32-47,61-62H2,1-2H3. The fraction of sp³-hybridized carbons (Fsp3) is 0.600. The van der Waals surface area contributed by atoms with Crippen LogP contribution in [0, 0.1) is 17.3 Å². The Labute approximate surface area is 390 Å². The van der Waals surface area contributed by atoms with Crippen molar-refractivity contribution in [3.05, 3.63) is 108 Å². The van der Waals surface area contributed by atoms with E-state index >= 15 is 0 Å². The van der Waals surface area contributed by atoms with Crippen LogP contribution in [-0.4, -0.2) is 0 Å². The summed E-state index contributed by atoms with van der Waals surface area (Å²) in [5, 5.41) is 0. The number of unbranched alkanes of at least 4 members (excludes halogenated alkanes) is 8. The average Bonchev–Trinajstić information content (AvgIpc) is 3.33. The lowest BCUT2D eigenvalue weighted by atomic mass is 9.60. The summed E-state index contributed by atoms with van der Waals surface area (Å²) in [5.41, 5.74) is 17.5. The van der Waals surface area contributed by atoms with Gasteiger partial charge in [-0.3, -0.25) is 0 Å². The van der Waals surface area contributed by atoms with Crippen LogP contribution >= 0.6 is 0 Å². The molecule has 0 unspecified atom stereocenters. The topological polar surface area (TPSA) is 70.5 Å². The lowest BCUT2D eigenvalue weighted by Gasteiger charge is -2.45.